The Labute approximate surface area is 203 Å². The van der Waals surface area contributed by atoms with E-state index in [2.05, 4.69) is 20.8 Å². The predicted octanol–water partition coefficient (Wildman–Crippen LogP) is 5.67. The fourth-order valence-electron chi connectivity index (χ4n) is 3.95. The van der Waals surface area contributed by atoms with Gasteiger partial charge in [-0.15, -0.1) is 0 Å². The number of aromatic nitrogens is 2. The summed E-state index contributed by atoms with van der Waals surface area (Å²) >= 11 is 0. The van der Waals surface area contributed by atoms with Gasteiger partial charge >= 0.3 is 6.18 Å². The minimum atomic E-state index is -4.62. The fourth-order valence-corrected chi connectivity index (χ4v) is 3.95. The van der Waals surface area contributed by atoms with Crippen LogP contribution in [0.25, 0.3) is 22.4 Å². The summed E-state index contributed by atoms with van der Waals surface area (Å²) in [6, 6.07) is 11.4. The number of pyridine rings is 1. The molecule has 1 aliphatic carbocycles. The van der Waals surface area contributed by atoms with Crippen molar-refractivity contribution in [3.63, 3.8) is 0 Å². The lowest BCUT2D eigenvalue weighted by Gasteiger charge is -2.14. The minimum Gasteiger partial charge on any atom is -0.349 e. The molecule has 36 heavy (non-hydrogen) atoms. The summed E-state index contributed by atoms with van der Waals surface area (Å²) in [6.45, 7) is 3.39. The molecule has 2 aromatic heterocycles. The Morgan fingerprint density at radius 3 is 2.50 bits per heavy atom. The highest BCUT2D eigenvalue weighted by atomic mass is 19.4. The molecule has 0 unspecified atom stereocenters. The minimum absolute atomic E-state index is 0.0537. The number of benzene rings is 2. The van der Waals surface area contributed by atoms with Crippen molar-refractivity contribution in [3.05, 3.63) is 76.5 Å². The van der Waals surface area contributed by atoms with E-state index in [1.54, 1.807) is 32.0 Å². The molecule has 0 bridgehead atoms. The third-order valence-corrected chi connectivity index (χ3v) is 6.03. The van der Waals surface area contributed by atoms with Crippen LogP contribution in [0.1, 0.15) is 50.4 Å². The third kappa shape index (κ3) is 4.53. The summed E-state index contributed by atoms with van der Waals surface area (Å²) in [5.41, 5.74) is 0.720. The quantitative estimate of drug-likeness (QED) is 0.373. The molecule has 5 rings (SSSR count). The first kappa shape index (κ1) is 23.5. The van der Waals surface area contributed by atoms with Gasteiger partial charge in [-0.05, 0) is 56.5 Å². The lowest BCUT2D eigenvalue weighted by Crippen LogP contribution is -2.25. The van der Waals surface area contributed by atoms with Crippen LogP contribution >= 0.6 is 0 Å². The number of alkyl halides is 3. The summed E-state index contributed by atoms with van der Waals surface area (Å²) < 4.78 is 46.2. The average molecular weight is 494 g/mol. The molecular formula is C26H21F3N4O3. The lowest BCUT2D eigenvalue weighted by atomic mass is 10.0. The van der Waals surface area contributed by atoms with Crippen LogP contribution in [0.4, 0.5) is 18.9 Å². The van der Waals surface area contributed by atoms with Gasteiger partial charge in [-0.2, -0.15) is 13.2 Å². The topological polar surface area (TPSA) is 97.1 Å². The highest BCUT2D eigenvalue weighted by molar-refractivity contribution is 6.13. The van der Waals surface area contributed by atoms with Crippen molar-refractivity contribution < 1.29 is 27.3 Å². The monoisotopic (exact) mass is 494 g/mol. The number of anilines is 1. The van der Waals surface area contributed by atoms with E-state index in [-0.39, 0.29) is 34.5 Å². The van der Waals surface area contributed by atoms with Gasteiger partial charge in [0, 0.05) is 22.9 Å². The van der Waals surface area contributed by atoms with E-state index >= 15 is 0 Å². The van der Waals surface area contributed by atoms with E-state index in [1.165, 1.54) is 24.3 Å². The van der Waals surface area contributed by atoms with E-state index < -0.39 is 17.6 Å². The maximum atomic E-state index is 13.7. The molecule has 7 nitrogen and oxygen atoms in total. The summed E-state index contributed by atoms with van der Waals surface area (Å²) in [7, 11) is 0. The van der Waals surface area contributed by atoms with Crippen molar-refractivity contribution in [3.8, 4) is 11.3 Å². The summed E-state index contributed by atoms with van der Waals surface area (Å²) in [6.07, 6.45) is -2.74. The highest BCUT2D eigenvalue weighted by Gasteiger charge is 2.34. The molecule has 0 spiro atoms. The zero-order valence-electron chi connectivity index (χ0n) is 19.4. The molecule has 1 aliphatic rings. The maximum Gasteiger partial charge on any atom is 0.417 e. The van der Waals surface area contributed by atoms with Crippen LogP contribution in [0.3, 0.4) is 0 Å². The molecule has 2 heterocycles. The standard InChI is InChI=1S/C26H21F3N4O3/c1-13-7-8-15(23(34)30-16-9-10-16)11-20(13)31-24(35)18-12-21(32-25-22(18)14(2)33-36-25)17-5-3-4-6-19(17)26(27,28)29/h3-8,11-12,16H,9-10H2,1-2H3,(H,30,34)(H,31,35). The Bertz CT molecular complexity index is 1510. The van der Waals surface area contributed by atoms with Crippen molar-refractivity contribution in [1.29, 1.82) is 0 Å². The van der Waals surface area contributed by atoms with Crippen LogP contribution in [-0.4, -0.2) is 28.0 Å². The molecule has 1 saturated carbocycles. The molecule has 2 amide bonds. The SMILES string of the molecule is Cc1ccc(C(=O)NC2CC2)cc1NC(=O)c1cc(-c2ccccc2C(F)(F)F)nc2onc(C)c12. The molecule has 10 heteroatoms. The van der Waals surface area contributed by atoms with Gasteiger partial charge in [-0.1, -0.05) is 29.4 Å². The Balaban J connectivity index is 1.55. The molecule has 0 radical (unpaired) electrons. The van der Waals surface area contributed by atoms with Gasteiger partial charge in [-0.3, -0.25) is 9.59 Å². The molecule has 2 aromatic carbocycles. The Hall–Kier alpha value is -4.21. The van der Waals surface area contributed by atoms with E-state index in [0.29, 0.717) is 27.9 Å². The number of halogens is 3. The molecule has 1 fully saturated rings. The zero-order valence-corrected chi connectivity index (χ0v) is 19.4. The second kappa shape index (κ2) is 8.78. The van der Waals surface area contributed by atoms with Gasteiger partial charge in [0.2, 0.25) is 0 Å². The molecule has 184 valence electrons. The number of nitrogens with one attached hydrogen (secondary N) is 2. The Morgan fingerprint density at radius 2 is 1.78 bits per heavy atom. The Morgan fingerprint density at radius 1 is 1.03 bits per heavy atom. The van der Waals surface area contributed by atoms with E-state index in [1.807, 2.05) is 0 Å². The normalized spacial score (nSPS) is 13.6. The number of carbonyl (C=O) groups excluding carboxylic acids is 2. The number of hydrogen-bond donors (Lipinski definition) is 2. The van der Waals surface area contributed by atoms with Crippen LogP contribution in [0, 0.1) is 13.8 Å². The summed E-state index contributed by atoms with van der Waals surface area (Å²) in [4.78, 5) is 30.1. The average Bonchev–Trinajstić information content (AvgIpc) is 3.58. The van der Waals surface area contributed by atoms with Crippen LogP contribution < -0.4 is 10.6 Å². The van der Waals surface area contributed by atoms with Gasteiger partial charge in [-0.25, -0.2) is 4.98 Å². The first-order valence-corrected chi connectivity index (χ1v) is 11.3. The lowest BCUT2D eigenvalue weighted by molar-refractivity contribution is -0.137. The van der Waals surface area contributed by atoms with Crippen LogP contribution in [0.15, 0.2) is 53.1 Å². The molecule has 0 aliphatic heterocycles. The van der Waals surface area contributed by atoms with Gasteiger partial charge in [0.1, 0.15) is 0 Å². The maximum absolute atomic E-state index is 13.7. The van der Waals surface area contributed by atoms with Gasteiger partial charge in [0.05, 0.1) is 27.9 Å². The largest absolute Gasteiger partial charge is 0.417 e. The number of fused-ring (bicyclic) bond motifs is 1. The highest BCUT2D eigenvalue weighted by Crippen LogP contribution is 2.37. The smallest absolute Gasteiger partial charge is 0.349 e. The molecule has 0 atom stereocenters. The zero-order chi connectivity index (χ0) is 25.6. The fraction of sp³-hybridized carbons (Fsp3) is 0.231. The third-order valence-electron chi connectivity index (χ3n) is 6.03. The van der Waals surface area contributed by atoms with Crippen LogP contribution in [0.5, 0.6) is 0 Å². The number of aryl methyl sites for hydroxylation is 2. The molecule has 2 N–H and O–H groups in total. The predicted molar refractivity (Wildman–Crippen MR) is 127 cm³/mol. The van der Waals surface area contributed by atoms with Crippen molar-refractivity contribution in [1.82, 2.24) is 15.5 Å². The number of amides is 2. The van der Waals surface area contributed by atoms with E-state index in [0.717, 1.165) is 18.9 Å². The molecular weight excluding hydrogens is 473 g/mol. The number of nitrogens with zero attached hydrogens (tertiary/aromatic N) is 2. The van der Waals surface area contributed by atoms with E-state index in [9.17, 15) is 22.8 Å². The second-order valence-corrected chi connectivity index (χ2v) is 8.78. The summed E-state index contributed by atoms with van der Waals surface area (Å²) in [5, 5.41) is 9.83. The Kier molecular flexibility index (Phi) is 5.74. The van der Waals surface area contributed by atoms with Crippen LogP contribution in [0.2, 0.25) is 0 Å². The van der Waals surface area contributed by atoms with Crippen molar-refractivity contribution in [2.45, 2.75) is 38.9 Å². The van der Waals surface area contributed by atoms with Gasteiger partial charge in [0.15, 0.2) is 0 Å². The van der Waals surface area contributed by atoms with Crippen molar-refractivity contribution >= 4 is 28.6 Å². The summed E-state index contributed by atoms with van der Waals surface area (Å²) in [5.74, 6) is -0.831. The number of rotatable bonds is 5. The number of carbonyl (C=O) groups is 2. The second-order valence-electron chi connectivity index (χ2n) is 8.78. The van der Waals surface area contributed by atoms with Crippen molar-refractivity contribution in [2.24, 2.45) is 0 Å². The first-order chi connectivity index (χ1) is 17.1. The van der Waals surface area contributed by atoms with E-state index in [4.69, 9.17) is 4.52 Å². The van der Waals surface area contributed by atoms with Gasteiger partial charge in [0.25, 0.3) is 17.5 Å². The van der Waals surface area contributed by atoms with Crippen LogP contribution in [-0.2, 0) is 6.18 Å². The number of hydrogen-bond acceptors (Lipinski definition) is 5. The van der Waals surface area contributed by atoms with Gasteiger partial charge < -0.3 is 15.2 Å². The molecule has 4 aromatic rings. The first-order valence-electron chi connectivity index (χ1n) is 11.3. The van der Waals surface area contributed by atoms with Crippen molar-refractivity contribution in [2.75, 3.05) is 5.32 Å². The molecule has 0 saturated heterocycles.